The lowest BCUT2D eigenvalue weighted by Crippen LogP contribution is -2.10. The topological polar surface area (TPSA) is 56.7 Å². The highest BCUT2D eigenvalue weighted by molar-refractivity contribution is 6.25. The fraction of sp³-hybridized carbons (Fsp3) is 0.0548. The van der Waals surface area contributed by atoms with Gasteiger partial charge in [0.25, 0.3) is 0 Å². The van der Waals surface area contributed by atoms with Gasteiger partial charge in [-0.05, 0) is 98.5 Å². The van der Waals surface area contributed by atoms with Crippen LogP contribution in [-0.4, -0.2) is 19.5 Å². The molecule has 14 rings (SSSR count). The van der Waals surface area contributed by atoms with E-state index in [1.807, 2.05) is 18.2 Å². The molecule has 0 aliphatic carbocycles. The third kappa shape index (κ3) is 8.25. The molecule has 0 aliphatic heterocycles. The smallest absolute Gasteiger partial charge is 0.164 e. The predicted octanol–water partition coefficient (Wildman–Crippen LogP) is 19.5. The summed E-state index contributed by atoms with van der Waals surface area (Å²) in [5.41, 5.74) is 19.6. The van der Waals surface area contributed by atoms with Gasteiger partial charge in [0.15, 0.2) is 17.5 Å². The molecular weight excluding hydrogens is 949 g/mol. The van der Waals surface area contributed by atoms with Gasteiger partial charge in [-0.25, -0.2) is 15.0 Å². The van der Waals surface area contributed by atoms with Crippen molar-refractivity contribution < 1.29 is 4.42 Å². The van der Waals surface area contributed by atoms with Crippen molar-refractivity contribution in [3.05, 3.63) is 266 Å². The first-order valence-corrected chi connectivity index (χ1v) is 26.7. The highest BCUT2D eigenvalue weighted by Crippen LogP contribution is 2.47. The zero-order valence-corrected chi connectivity index (χ0v) is 43.5. The normalized spacial score (nSPS) is 11.8. The molecule has 0 N–H and O–H groups in total. The van der Waals surface area contributed by atoms with E-state index in [-0.39, 0.29) is 5.41 Å². The largest absolute Gasteiger partial charge is 0.455 e. The molecule has 14 aromatic rings. The molecule has 0 amide bonds. The van der Waals surface area contributed by atoms with E-state index in [0.29, 0.717) is 17.5 Å². The van der Waals surface area contributed by atoms with Crippen molar-refractivity contribution in [1.82, 2.24) is 19.5 Å². The molecule has 370 valence electrons. The van der Waals surface area contributed by atoms with E-state index in [2.05, 4.69) is 268 Å². The van der Waals surface area contributed by atoms with Gasteiger partial charge in [-0.15, -0.1) is 0 Å². The predicted molar refractivity (Wildman–Crippen MR) is 324 cm³/mol. The second kappa shape index (κ2) is 19.0. The second-order valence-corrected chi connectivity index (χ2v) is 21.2. The molecule has 0 bridgehead atoms. The second-order valence-electron chi connectivity index (χ2n) is 21.2. The molecule has 0 atom stereocenters. The van der Waals surface area contributed by atoms with Crippen LogP contribution >= 0.6 is 0 Å². The molecule has 0 saturated carbocycles. The van der Waals surface area contributed by atoms with Crippen LogP contribution in [0.25, 0.3) is 139 Å². The average molecular weight is 1000 g/mol. The minimum Gasteiger partial charge on any atom is -0.455 e. The number of para-hydroxylation sites is 2. The molecule has 0 spiro atoms. The Morgan fingerprint density at radius 3 is 1.31 bits per heavy atom. The van der Waals surface area contributed by atoms with Gasteiger partial charge in [0.2, 0.25) is 0 Å². The van der Waals surface area contributed by atoms with Crippen molar-refractivity contribution in [2.45, 2.75) is 26.2 Å². The number of benzene rings is 11. The van der Waals surface area contributed by atoms with Crippen LogP contribution in [0.2, 0.25) is 0 Å². The first-order chi connectivity index (χ1) is 38.3. The zero-order valence-electron chi connectivity index (χ0n) is 43.5. The monoisotopic (exact) mass is 1000 g/mol. The maximum absolute atomic E-state index is 7.18. The Hall–Kier alpha value is -9.97. The molecule has 78 heavy (non-hydrogen) atoms. The average Bonchev–Trinajstić information content (AvgIpc) is 3.71. The first kappa shape index (κ1) is 46.6. The van der Waals surface area contributed by atoms with Crippen molar-refractivity contribution in [2.24, 2.45) is 0 Å². The van der Waals surface area contributed by atoms with Gasteiger partial charge in [-0.1, -0.05) is 233 Å². The van der Waals surface area contributed by atoms with Crippen molar-refractivity contribution in [1.29, 1.82) is 0 Å². The van der Waals surface area contributed by atoms with Crippen LogP contribution in [0.5, 0.6) is 0 Å². The minimum absolute atomic E-state index is 0.0448. The third-order valence-corrected chi connectivity index (χ3v) is 15.2. The van der Waals surface area contributed by atoms with Gasteiger partial charge in [0.1, 0.15) is 11.2 Å². The number of nitrogens with zero attached hydrogens (tertiary/aromatic N) is 4. The molecule has 0 fully saturated rings. The van der Waals surface area contributed by atoms with Crippen molar-refractivity contribution >= 4 is 43.7 Å². The summed E-state index contributed by atoms with van der Waals surface area (Å²) in [7, 11) is 0. The van der Waals surface area contributed by atoms with Gasteiger partial charge in [-0.3, -0.25) is 0 Å². The molecule has 0 aliphatic rings. The van der Waals surface area contributed by atoms with E-state index in [1.165, 1.54) is 5.56 Å². The summed E-state index contributed by atoms with van der Waals surface area (Å²) in [4.78, 5) is 16.2. The van der Waals surface area contributed by atoms with E-state index in [4.69, 9.17) is 19.4 Å². The Balaban J connectivity index is 1.06. The summed E-state index contributed by atoms with van der Waals surface area (Å²) in [5, 5.41) is 4.35. The van der Waals surface area contributed by atoms with Crippen LogP contribution in [0, 0.1) is 0 Å². The van der Waals surface area contributed by atoms with Gasteiger partial charge in [0, 0.05) is 49.5 Å². The number of fused-ring (bicyclic) bond motifs is 7. The summed E-state index contributed by atoms with van der Waals surface area (Å²) in [6.45, 7) is 6.80. The lowest BCUT2D eigenvalue weighted by molar-refractivity contribution is 0.590. The Kier molecular flexibility index (Phi) is 11.3. The van der Waals surface area contributed by atoms with Crippen molar-refractivity contribution in [3.8, 4) is 95.5 Å². The SMILES string of the molecule is CC(C)(C)c1ccc(-c2cc(-c3nc(-c4ccccc4)nc(-c4cc(-c5ccccc5)cc(-c5ccccc5)c4)n3)cc(-c3ccccc3)c2-n2c3ccccc3c3c4oc5c(-c6ccccc6)cccc5c4ccc32)cc1. The molecule has 3 aromatic heterocycles. The molecule has 3 heterocycles. The van der Waals surface area contributed by atoms with Crippen molar-refractivity contribution in [2.75, 3.05) is 0 Å². The van der Waals surface area contributed by atoms with E-state index >= 15 is 0 Å². The van der Waals surface area contributed by atoms with Crippen LogP contribution in [0.1, 0.15) is 26.3 Å². The molecule has 0 saturated heterocycles. The van der Waals surface area contributed by atoms with E-state index in [0.717, 1.165) is 122 Å². The zero-order chi connectivity index (χ0) is 52.3. The summed E-state index contributed by atoms with van der Waals surface area (Å²) in [5.74, 6) is 1.75. The Labute approximate surface area is 453 Å². The minimum atomic E-state index is -0.0448. The molecule has 0 radical (unpaired) electrons. The quantitative estimate of drug-likeness (QED) is 0.145. The molecule has 5 heteroatoms. The maximum Gasteiger partial charge on any atom is 0.164 e. The van der Waals surface area contributed by atoms with Crippen molar-refractivity contribution in [3.63, 3.8) is 0 Å². The molecule has 5 nitrogen and oxygen atoms in total. The summed E-state index contributed by atoms with van der Waals surface area (Å²) in [6, 6.07) is 92.7. The third-order valence-electron chi connectivity index (χ3n) is 15.2. The maximum atomic E-state index is 7.18. The lowest BCUT2D eigenvalue weighted by Gasteiger charge is -2.22. The standard InChI is InChI=1S/C73H52N4O/c1-73(2,3)57-38-36-51(37-39-57)63-46-56(72-75-70(52-30-17-8-18-31-52)74-71(76-72)55-43-53(47-22-9-4-10-23-47)42-54(44-55)48-24-11-5-12-25-48)45-62(50-28-15-7-16-29-50)67(63)77-64-35-20-19-32-61(64)66-65(77)41-40-60-59-34-21-33-58(68(59)78-69(60)66)49-26-13-6-14-27-49/h4-46H,1-3H3. The van der Waals surface area contributed by atoms with Gasteiger partial charge >= 0.3 is 0 Å². The highest BCUT2D eigenvalue weighted by Gasteiger charge is 2.26. The summed E-state index contributed by atoms with van der Waals surface area (Å²) in [6.07, 6.45) is 0. The van der Waals surface area contributed by atoms with E-state index in [1.54, 1.807) is 0 Å². The van der Waals surface area contributed by atoms with Gasteiger partial charge < -0.3 is 8.98 Å². The Morgan fingerprint density at radius 2 is 0.744 bits per heavy atom. The first-order valence-electron chi connectivity index (χ1n) is 26.7. The van der Waals surface area contributed by atoms with Crippen LogP contribution in [0.4, 0.5) is 0 Å². The van der Waals surface area contributed by atoms with Crippen LogP contribution in [0.3, 0.4) is 0 Å². The number of hydrogen-bond donors (Lipinski definition) is 0. The van der Waals surface area contributed by atoms with E-state index in [9.17, 15) is 0 Å². The van der Waals surface area contributed by atoms with Gasteiger partial charge in [0.05, 0.1) is 22.1 Å². The van der Waals surface area contributed by atoms with E-state index < -0.39 is 0 Å². The van der Waals surface area contributed by atoms with Crippen LogP contribution < -0.4 is 0 Å². The molecular formula is C73H52N4O. The summed E-state index contributed by atoms with van der Waals surface area (Å²) >= 11 is 0. The Morgan fingerprint density at radius 1 is 0.308 bits per heavy atom. The van der Waals surface area contributed by atoms with Crippen LogP contribution in [0.15, 0.2) is 265 Å². The molecule has 11 aromatic carbocycles. The van der Waals surface area contributed by atoms with Gasteiger partial charge in [-0.2, -0.15) is 0 Å². The number of rotatable bonds is 9. The number of hydrogen-bond acceptors (Lipinski definition) is 4. The fourth-order valence-corrected chi connectivity index (χ4v) is 11.3. The molecule has 0 unspecified atom stereocenters. The summed E-state index contributed by atoms with van der Waals surface area (Å²) < 4.78 is 9.65. The van der Waals surface area contributed by atoms with Crippen LogP contribution in [-0.2, 0) is 5.41 Å². The number of furan rings is 1. The highest BCUT2D eigenvalue weighted by atomic mass is 16.3. The lowest BCUT2D eigenvalue weighted by atomic mass is 9.85. The fourth-order valence-electron chi connectivity index (χ4n) is 11.3. The Bertz CT molecular complexity index is 4480. The number of aromatic nitrogens is 4.